The first-order valence-corrected chi connectivity index (χ1v) is 6.89. The number of hydrogen-bond acceptors (Lipinski definition) is 3. The molecule has 1 saturated carbocycles. The molecule has 2 rings (SSSR count). The number of esters is 1. The fourth-order valence-corrected chi connectivity index (χ4v) is 2.52. The highest BCUT2D eigenvalue weighted by Crippen LogP contribution is 2.27. The Bertz CT molecular complexity index is 358. The van der Waals surface area contributed by atoms with E-state index in [0.29, 0.717) is 18.9 Å². The van der Waals surface area contributed by atoms with E-state index >= 15 is 0 Å². The lowest BCUT2D eigenvalue weighted by Crippen LogP contribution is -2.10. The molecular formula is C15H21NO2. The van der Waals surface area contributed by atoms with Gasteiger partial charge in [0, 0.05) is 18.8 Å². The minimum atomic E-state index is -0.0203. The van der Waals surface area contributed by atoms with Crippen molar-refractivity contribution in [1.82, 2.24) is 4.98 Å². The van der Waals surface area contributed by atoms with E-state index in [0.717, 1.165) is 12.8 Å². The normalized spacial score (nSPS) is 15.8. The Labute approximate surface area is 109 Å². The molecular weight excluding hydrogens is 226 g/mol. The first-order chi connectivity index (χ1) is 8.84. The molecule has 0 saturated heterocycles. The maximum Gasteiger partial charge on any atom is 0.306 e. The number of hydrogen-bond donors (Lipinski definition) is 0. The Balaban J connectivity index is 1.56. The minimum absolute atomic E-state index is 0.0203. The number of nitrogens with zero attached hydrogens (tertiary/aromatic N) is 1. The average Bonchev–Trinajstić information content (AvgIpc) is 2.89. The molecule has 18 heavy (non-hydrogen) atoms. The van der Waals surface area contributed by atoms with Gasteiger partial charge in [-0.1, -0.05) is 18.9 Å². The van der Waals surface area contributed by atoms with Crippen LogP contribution in [0.2, 0.25) is 0 Å². The van der Waals surface area contributed by atoms with Crippen LogP contribution in [0.4, 0.5) is 0 Å². The summed E-state index contributed by atoms with van der Waals surface area (Å²) in [6.07, 6.45) is 11.0. The standard InChI is InChI=1S/C15H21NO2/c17-15(11-13-5-1-2-6-13)18-10-4-8-14-7-3-9-16-12-14/h3,7,9,12-13H,1-2,4-6,8,10-11H2. The second-order valence-corrected chi connectivity index (χ2v) is 5.04. The van der Waals surface area contributed by atoms with Gasteiger partial charge >= 0.3 is 5.97 Å². The van der Waals surface area contributed by atoms with Crippen molar-refractivity contribution >= 4 is 5.97 Å². The molecule has 3 heteroatoms. The van der Waals surface area contributed by atoms with Crippen LogP contribution in [0, 0.1) is 5.92 Å². The van der Waals surface area contributed by atoms with Crippen LogP contribution in [0.25, 0.3) is 0 Å². The Morgan fingerprint density at radius 2 is 2.22 bits per heavy atom. The van der Waals surface area contributed by atoms with E-state index in [9.17, 15) is 4.79 Å². The first kappa shape index (κ1) is 13.1. The Morgan fingerprint density at radius 1 is 1.39 bits per heavy atom. The van der Waals surface area contributed by atoms with Gasteiger partial charge in [-0.25, -0.2) is 0 Å². The maximum absolute atomic E-state index is 11.6. The summed E-state index contributed by atoms with van der Waals surface area (Å²) in [5.74, 6) is 0.559. The monoisotopic (exact) mass is 247 g/mol. The van der Waals surface area contributed by atoms with Crippen LogP contribution in [0.5, 0.6) is 0 Å². The number of aryl methyl sites for hydroxylation is 1. The van der Waals surface area contributed by atoms with Crippen molar-refractivity contribution in [2.45, 2.75) is 44.9 Å². The SMILES string of the molecule is O=C(CC1CCCC1)OCCCc1cccnc1. The summed E-state index contributed by atoms with van der Waals surface area (Å²) in [7, 11) is 0. The summed E-state index contributed by atoms with van der Waals surface area (Å²) in [6, 6.07) is 3.98. The lowest BCUT2D eigenvalue weighted by Gasteiger charge is -2.08. The highest BCUT2D eigenvalue weighted by atomic mass is 16.5. The van der Waals surface area contributed by atoms with Crippen molar-refractivity contribution in [3.8, 4) is 0 Å². The summed E-state index contributed by atoms with van der Waals surface area (Å²) >= 11 is 0. The summed E-state index contributed by atoms with van der Waals surface area (Å²) in [6.45, 7) is 0.528. The second kappa shape index (κ2) is 7.14. The third-order valence-electron chi connectivity index (χ3n) is 3.53. The van der Waals surface area contributed by atoms with Crippen LogP contribution in [0.3, 0.4) is 0 Å². The van der Waals surface area contributed by atoms with E-state index in [1.165, 1.54) is 31.2 Å². The maximum atomic E-state index is 11.6. The van der Waals surface area contributed by atoms with Gasteiger partial charge in [0.1, 0.15) is 0 Å². The van der Waals surface area contributed by atoms with Crippen molar-refractivity contribution in [3.05, 3.63) is 30.1 Å². The van der Waals surface area contributed by atoms with Crippen LogP contribution < -0.4 is 0 Å². The van der Waals surface area contributed by atoms with Gasteiger partial charge < -0.3 is 4.74 Å². The Morgan fingerprint density at radius 3 is 2.94 bits per heavy atom. The van der Waals surface area contributed by atoms with E-state index in [1.54, 1.807) is 6.20 Å². The lowest BCUT2D eigenvalue weighted by molar-refractivity contribution is -0.144. The molecule has 0 bridgehead atoms. The summed E-state index contributed by atoms with van der Waals surface area (Å²) < 4.78 is 5.27. The zero-order chi connectivity index (χ0) is 12.6. The number of aromatic nitrogens is 1. The zero-order valence-electron chi connectivity index (χ0n) is 10.8. The number of carbonyl (C=O) groups is 1. The summed E-state index contributed by atoms with van der Waals surface area (Å²) in [5.41, 5.74) is 1.20. The fraction of sp³-hybridized carbons (Fsp3) is 0.600. The van der Waals surface area contributed by atoms with E-state index in [4.69, 9.17) is 4.74 Å². The molecule has 0 aromatic carbocycles. The van der Waals surface area contributed by atoms with Crippen LogP contribution in [0.1, 0.15) is 44.1 Å². The van der Waals surface area contributed by atoms with Gasteiger partial charge in [0.2, 0.25) is 0 Å². The van der Waals surface area contributed by atoms with Gasteiger partial charge in [-0.3, -0.25) is 9.78 Å². The Hall–Kier alpha value is -1.38. The van der Waals surface area contributed by atoms with Crippen LogP contribution >= 0.6 is 0 Å². The topological polar surface area (TPSA) is 39.2 Å². The molecule has 0 spiro atoms. The van der Waals surface area contributed by atoms with Gasteiger partial charge in [0.15, 0.2) is 0 Å². The zero-order valence-corrected chi connectivity index (χ0v) is 10.8. The van der Waals surface area contributed by atoms with Crippen molar-refractivity contribution in [3.63, 3.8) is 0 Å². The molecule has 1 aliphatic rings. The van der Waals surface area contributed by atoms with E-state index in [1.807, 2.05) is 18.3 Å². The van der Waals surface area contributed by atoms with E-state index in [2.05, 4.69) is 4.98 Å². The third kappa shape index (κ3) is 4.47. The molecule has 1 aromatic rings. The second-order valence-electron chi connectivity index (χ2n) is 5.04. The summed E-state index contributed by atoms with van der Waals surface area (Å²) in [4.78, 5) is 15.6. The fourth-order valence-electron chi connectivity index (χ4n) is 2.52. The van der Waals surface area contributed by atoms with Crippen molar-refractivity contribution in [1.29, 1.82) is 0 Å². The molecule has 98 valence electrons. The molecule has 0 N–H and O–H groups in total. The van der Waals surface area contributed by atoms with E-state index < -0.39 is 0 Å². The highest BCUT2D eigenvalue weighted by Gasteiger charge is 2.18. The van der Waals surface area contributed by atoms with Gasteiger partial charge in [0.25, 0.3) is 0 Å². The van der Waals surface area contributed by atoms with Gasteiger partial charge in [-0.15, -0.1) is 0 Å². The molecule has 3 nitrogen and oxygen atoms in total. The number of rotatable bonds is 6. The molecule has 0 unspecified atom stereocenters. The van der Waals surface area contributed by atoms with Crippen LogP contribution in [-0.4, -0.2) is 17.6 Å². The van der Waals surface area contributed by atoms with E-state index in [-0.39, 0.29) is 5.97 Å². The number of pyridine rings is 1. The van der Waals surface area contributed by atoms with Crippen molar-refractivity contribution in [2.75, 3.05) is 6.61 Å². The molecule has 0 amide bonds. The molecule has 0 aliphatic heterocycles. The van der Waals surface area contributed by atoms with Crippen LogP contribution in [0.15, 0.2) is 24.5 Å². The predicted molar refractivity (Wildman–Crippen MR) is 70.1 cm³/mol. The highest BCUT2D eigenvalue weighted by molar-refractivity contribution is 5.69. The smallest absolute Gasteiger partial charge is 0.306 e. The van der Waals surface area contributed by atoms with Gasteiger partial charge in [0.05, 0.1) is 6.61 Å². The lowest BCUT2D eigenvalue weighted by atomic mass is 10.0. The molecule has 1 aliphatic carbocycles. The predicted octanol–water partition coefficient (Wildman–Crippen LogP) is 3.14. The third-order valence-corrected chi connectivity index (χ3v) is 3.53. The van der Waals surface area contributed by atoms with Crippen molar-refractivity contribution < 1.29 is 9.53 Å². The molecule has 1 heterocycles. The quantitative estimate of drug-likeness (QED) is 0.572. The molecule has 1 aromatic heterocycles. The molecule has 1 fully saturated rings. The largest absolute Gasteiger partial charge is 0.466 e. The number of carbonyl (C=O) groups excluding carboxylic acids is 1. The molecule has 0 radical (unpaired) electrons. The number of ether oxygens (including phenoxy) is 1. The van der Waals surface area contributed by atoms with Gasteiger partial charge in [-0.05, 0) is 43.2 Å². The van der Waals surface area contributed by atoms with Crippen LogP contribution in [-0.2, 0) is 16.0 Å². The first-order valence-electron chi connectivity index (χ1n) is 6.89. The van der Waals surface area contributed by atoms with Gasteiger partial charge in [-0.2, -0.15) is 0 Å². The molecule has 0 atom stereocenters. The average molecular weight is 247 g/mol. The Kier molecular flexibility index (Phi) is 5.18. The minimum Gasteiger partial charge on any atom is -0.466 e. The van der Waals surface area contributed by atoms with Crippen molar-refractivity contribution in [2.24, 2.45) is 5.92 Å². The summed E-state index contributed by atoms with van der Waals surface area (Å²) in [5, 5.41) is 0.